The molecule has 5 rings (SSSR count). The van der Waals surface area contributed by atoms with Crippen LogP contribution in [0.15, 0.2) is 0 Å². The molecular formula is C19H26O2S2. The normalized spacial score (nSPS) is 55.2. The molecule has 8 unspecified atom stereocenters. The van der Waals surface area contributed by atoms with E-state index in [1.807, 2.05) is 0 Å². The molecule has 0 N–H and O–H groups in total. The van der Waals surface area contributed by atoms with Crippen LogP contribution < -0.4 is 0 Å². The van der Waals surface area contributed by atoms with Crippen LogP contribution in [-0.2, 0) is 9.59 Å². The summed E-state index contributed by atoms with van der Waals surface area (Å²) in [6, 6.07) is 0. The first kappa shape index (κ1) is 15.3. The zero-order chi connectivity index (χ0) is 16.0. The second-order valence-corrected chi connectivity index (χ2v) is 11.8. The first-order chi connectivity index (χ1) is 11.0. The standard InChI is InChI=1S/C19H26O2S2/c1-10(20)22-18-9-19(18,23-11(2)21)16-8-14-13-6-4-3-5-12(13)7-15(18)17(14)16/h12-17H,3-9H2,1-2H3. The van der Waals surface area contributed by atoms with Gasteiger partial charge in [0.25, 0.3) is 0 Å². The second-order valence-electron chi connectivity index (χ2n) is 8.78. The van der Waals surface area contributed by atoms with Gasteiger partial charge < -0.3 is 0 Å². The largest absolute Gasteiger partial charge is 0.288 e. The molecule has 5 fully saturated rings. The van der Waals surface area contributed by atoms with E-state index in [9.17, 15) is 9.59 Å². The first-order valence-electron chi connectivity index (χ1n) is 9.38. The second kappa shape index (κ2) is 4.81. The summed E-state index contributed by atoms with van der Waals surface area (Å²) in [5.74, 6) is 5.08. The number of thioether (sulfide) groups is 2. The highest BCUT2D eigenvalue weighted by molar-refractivity contribution is 8.19. The molecule has 8 atom stereocenters. The minimum atomic E-state index is 0.113. The van der Waals surface area contributed by atoms with Gasteiger partial charge in [-0.2, -0.15) is 0 Å². The number of carbonyl (C=O) groups excluding carboxylic acids is 2. The summed E-state index contributed by atoms with van der Waals surface area (Å²) in [7, 11) is 0. The zero-order valence-corrected chi connectivity index (χ0v) is 15.7. The van der Waals surface area contributed by atoms with E-state index in [0.717, 1.165) is 36.0 Å². The van der Waals surface area contributed by atoms with Gasteiger partial charge in [0, 0.05) is 23.3 Å². The average molecular weight is 351 g/mol. The van der Waals surface area contributed by atoms with Crippen LogP contribution in [0.5, 0.6) is 0 Å². The van der Waals surface area contributed by atoms with Gasteiger partial charge >= 0.3 is 0 Å². The quantitative estimate of drug-likeness (QED) is 0.733. The van der Waals surface area contributed by atoms with E-state index in [1.54, 1.807) is 37.4 Å². The van der Waals surface area contributed by atoms with E-state index in [-0.39, 0.29) is 19.7 Å². The predicted molar refractivity (Wildman–Crippen MR) is 95.3 cm³/mol. The molecule has 0 radical (unpaired) electrons. The van der Waals surface area contributed by atoms with Gasteiger partial charge in [0.2, 0.25) is 0 Å². The van der Waals surface area contributed by atoms with Crippen LogP contribution in [0, 0.1) is 35.5 Å². The molecule has 0 amide bonds. The maximum Gasteiger partial charge on any atom is 0.186 e. The van der Waals surface area contributed by atoms with Gasteiger partial charge in [0.05, 0.1) is 0 Å². The highest BCUT2D eigenvalue weighted by Crippen LogP contribution is 2.86. The Labute approximate surface area is 147 Å². The summed E-state index contributed by atoms with van der Waals surface area (Å²) in [6.07, 6.45) is 9.53. The monoisotopic (exact) mass is 350 g/mol. The molecule has 4 heteroatoms. The van der Waals surface area contributed by atoms with E-state index in [0.29, 0.717) is 5.92 Å². The van der Waals surface area contributed by atoms with E-state index in [2.05, 4.69) is 0 Å². The van der Waals surface area contributed by atoms with Crippen molar-refractivity contribution in [3.8, 4) is 0 Å². The molecule has 23 heavy (non-hydrogen) atoms. The summed E-state index contributed by atoms with van der Waals surface area (Å²) >= 11 is 3.24. The van der Waals surface area contributed by atoms with Gasteiger partial charge in [-0.1, -0.05) is 42.8 Å². The highest BCUT2D eigenvalue weighted by atomic mass is 32.2. The Morgan fingerprint density at radius 3 is 2.13 bits per heavy atom. The summed E-state index contributed by atoms with van der Waals surface area (Å²) in [5, 5.41) is 0.523. The predicted octanol–water partition coefficient (Wildman–Crippen LogP) is 4.52. The highest BCUT2D eigenvalue weighted by Gasteiger charge is 2.86. The molecule has 0 aliphatic heterocycles. The molecule has 5 saturated carbocycles. The third-order valence-electron chi connectivity index (χ3n) is 7.99. The molecule has 0 bridgehead atoms. The van der Waals surface area contributed by atoms with Gasteiger partial charge in [0.1, 0.15) is 0 Å². The Balaban J connectivity index is 1.51. The lowest BCUT2D eigenvalue weighted by molar-refractivity contribution is -0.110. The van der Waals surface area contributed by atoms with Crippen LogP contribution in [0.1, 0.15) is 58.8 Å². The van der Waals surface area contributed by atoms with E-state index >= 15 is 0 Å². The van der Waals surface area contributed by atoms with Crippen LogP contribution >= 0.6 is 23.5 Å². The molecule has 0 aromatic rings. The average Bonchev–Trinajstić information content (AvgIpc) is 2.99. The van der Waals surface area contributed by atoms with Gasteiger partial charge in [-0.15, -0.1) is 0 Å². The van der Waals surface area contributed by atoms with Crippen molar-refractivity contribution in [2.45, 2.75) is 68.3 Å². The lowest BCUT2D eigenvalue weighted by Gasteiger charge is -2.58. The van der Waals surface area contributed by atoms with Gasteiger partial charge in [-0.05, 0) is 61.2 Å². The molecule has 2 nitrogen and oxygen atoms in total. The minimum Gasteiger partial charge on any atom is -0.288 e. The molecular weight excluding hydrogens is 324 g/mol. The SMILES string of the molecule is CC(=O)SC12CC1(SC(C)=O)C1CC3C4CCCCC4CC2C31. The Hall–Kier alpha value is 0.0400. The van der Waals surface area contributed by atoms with Crippen LogP contribution in [0.25, 0.3) is 0 Å². The van der Waals surface area contributed by atoms with Crippen molar-refractivity contribution in [3.63, 3.8) is 0 Å². The van der Waals surface area contributed by atoms with Crippen molar-refractivity contribution in [1.82, 2.24) is 0 Å². The van der Waals surface area contributed by atoms with E-state index < -0.39 is 0 Å². The number of fused-ring (bicyclic) bond motifs is 5. The Kier molecular flexibility index (Phi) is 3.20. The van der Waals surface area contributed by atoms with Crippen molar-refractivity contribution in [3.05, 3.63) is 0 Å². The van der Waals surface area contributed by atoms with Gasteiger partial charge in [-0.25, -0.2) is 0 Å². The number of rotatable bonds is 2. The van der Waals surface area contributed by atoms with Crippen LogP contribution in [0.4, 0.5) is 0 Å². The first-order valence-corrected chi connectivity index (χ1v) is 11.0. The molecule has 5 aliphatic carbocycles. The van der Waals surface area contributed by atoms with Crippen molar-refractivity contribution in [2.24, 2.45) is 35.5 Å². The molecule has 5 aliphatic rings. The maximum absolute atomic E-state index is 12.0. The fourth-order valence-electron chi connectivity index (χ4n) is 7.47. The molecule has 0 aromatic carbocycles. The Bertz CT molecular complexity index is 590. The lowest BCUT2D eigenvalue weighted by Crippen LogP contribution is -2.52. The van der Waals surface area contributed by atoms with Crippen molar-refractivity contribution in [2.75, 3.05) is 0 Å². The Morgan fingerprint density at radius 2 is 1.48 bits per heavy atom. The summed E-state index contributed by atoms with van der Waals surface area (Å²) < 4.78 is 0.232. The number of hydrogen-bond acceptors (Lipinski definition) is 4. The van der Waals surface area contributed by atoms with Crippen molar-refractivity contribution < 1.29 is 9.59 Å². The molecule has 0 heterocycles. The van der Waals surface area contributed by atoms with Crippen LogP contribution in [-0.4, -0.2) is 19.7 Å². The number of carbonyl (C=O) groups is 2. The molecule has 126 valence electrons. The summed E-state index contributed by atoms with van der Waals surface area (Å²) in [5.41, 5.74) is 0. The molecule has 0 saturated heterocycles. The lowest BCUT2D eigenvalue weighted by atomic mass is 9.48. The van der Waals surface area contributed by atoms with E-state index in [1.165, 1.54) is 38.5 Å². The van der Waals surface area contributed by atoms with Crippen LogP contribution in [0.3, 0.4) is 0 Å². The summed E-state index contributed by atoms with van der Waals surface area (Å²) in [4.78, 5) is 24.0. The zero-order valence-electron chi connectivity index (χ0n) is 14.0. The third-order valence-corrected chi connectivity index (χ3v) is 11.0. The fraction of sp³-hybridized carbons (Fsp3) is 0.895. The Morgan fingerprint density at radius 1 is 0.870 bits per heavy atom. The third kappa shape index (κ3) is 1.80. The molecule has 0 aromatic heterocycles. The van der Waals surface area contributed by atoms with Gasteiger partial charge in [0.15, 0.2) is 10.2 Å². The maximum atomic E-state index is 12.0. The van der Waals surface area contributed by atoms with Crippen LogP contribution in [0.2, 0.25) is 0 Å². The minimum absolute atomic E-state index is 0.113. The van der Waals surface area contributed by atoms with E-state index in [4.69, 9.17) is 0 Å². The number of hydrogen-bond donors (Lipinski definition) is 0. The van der Waals surface area contributed by atoms with Crippen molar-refractivity contribution in [1.29, 1.82) is 0 Å². The smallest absolute Gasteiger partial charge is 0.186 e. The topological polar surface area (TPSA) is 34.1 Å². The summed E-state index contributed by atoms with van der Waals surface area (Å²) in [6.45, 7) is 3.45. The molecule has 0 spiro atoms. The fourth-order valence-corrected chi connectivity index (χ4v) is 10.9. The van der Waals surface area contributed by atoms with Gasteiger partial charge in [-0.3, -0.25) is 9.59 Å². The van der Waals surface area contributed by atoms with Crippen molar-refractivity contribution >= 4 is 33.8 Å².